The summed E-state index contributed by atoms with van der Waals surface area (Å²) in [4.78, 5) is 7.83. The topological polar surface area (TPSA) is 49.6 Å². The van der Waals surface area contributed by atoms with Crippen molar-refractivity contribution in [3.05, 3.63) is 18.6 Å². The van der Waals surface area contributed by atoms with Gasteiger partial charge in [-0.2, -0.15) is 5.26 Å². The van der Waals surface area contributed by atoms with E-state index in [1.165, 1.54) is 6.33 Å². The van der Waals surface area contributed by atoms with E-state index in [-0.39, 0.29) is 5.92 Å². The fourth-order valence-corrected chi connectivity index (χ4v) is 1.39. The van der Waals surface area contributed by atoms with Crippen molar-refractivity contribution >= 4 is 11.8 Å². The zero-order valence-electron chi connectivity index (χ0n) is 6.77. The van der Waals surface area contributed by atoms with Gasteiger partial charge in [0.1, 0.15) is 6.33 Å². The van der Waals surface area contributed by atoms with Crippen LogP contribution in [0.5, 0.6) is 0 Å². The molecule has 0 fully saturated rings. The molecule has 0 aliphatic heterocycles. The van der Waals surface area contributed by atoms with Gasteiger partial charge in [0.05, 0.1) is 17.0 Å². The lowest BCUT2D eigenvalue weighted by Gasteiger charge is -1.99. The molecule has 0 radical (unpaired) electrons. The van der Waals surface area contributed by atoms with Gasteiger partial charge in [-0.1, -0.05) is 0 Å². The summed E-state index contributed by atoms with van der Waals surface area (Å²) in [6, 6.07) is 4.01. The maximum Gasteiger partial charge on any atom is 0.116 e. The largest absolute Gasteiger partial charge is 0.245 e. The molecule has 0 spiro atoms. The first-order chi connectivity index (χ1) is 5.83. The summed E-state index contributed by atoms with van der Waals surface area (Å²) in [5.41, 5.74) is 0. The van der Waals surface area contributed by atoms with Crippen LogP contribution in [0, 0.1) is 17.2 Å². The van der Waals surface area contributed by atoms with E-state index in [4.69, 9.17) is 5.26 Å². The van der Waals surface area contributed by atoms with Crippen molar-refractivity contribution < 1.29 is 0 Å². The molecule has 1 aromatic heterocycles. The molecule has 4 heteroatoms. The Balaban J connectivity index is 2.40. The molecule has 1 unspecified atom stereocenters. The smallest absolute Gasteiger partial charge is 0.116 e. The Morgan fingerprint density at radius 3 is 3.17 bits per heavy atom. The summed E-state index contributed by atoms with van der Waals surface area (Å²) in [7, 11) is 0. The molecule has 0 amide bonds. The van der Waals surface area contributed by atoms with E-state index in [9.17, 15) is 0 Å². The number of nitrogens with zero attached hydrogens (tertiary/aromatic N) is 3. The number of hydrogen-bond acceptors (Lipinski definition) is 4. The van der Waals surface area contributed by atoms with Crippen LogP contribution in [0.25, 0.3) is 0 Å². The second kappa shape index (κ2) is 4.73. The molecule has 0 bridgehead atoms. The quantitative estimate of drug-likeness (QED) is 0.523. The zero-order valence-corrected chi connectivity index (χ0v) is 7.58. The first kappa shape index (κ1) is 9.01. The van der Waals surface area contributed by atoms with E-state index in [1.54, 1.807) is 18.0 Å². The van der Waals surface area contributed by atoms with E-state index in [1.807, 2.05) is 13.0 Å². The monoisotopic (exact) mass is 179 g/mol. The average molecular weight is 179 g/mol. The van der Waals surface area contributed by atoms with Crippen LogP contribution in [-0.4, -0.2) is 15.7 Å². The lowest BCUT2D eigenvalue weighted by molar-refractivity contribution is 0.861. The Bertz CT molecular complexity index is 267. The van der Waals surface area contributed by atoms with Crippen molar-refractivity contribution in [3.63, 3.8) is 0 Å². The number of aromatic nitrogens is 2. The fraction of sp³-hybridized carbons (Fsp3) is 0.375. The molecule has 0 aromatic carbocycles. The van der Waals surface area contributed by atoms with Gasteiger partial charge in [-0.05, 0) is 13.0 Å². The van der Waals surface area contributed by atoms with Crippen LogP contribution in [0.1, 0.15) is 6.92 Å². The second-order valence-electron chi connectivity index (χ2n) is 2.39. The molecule has 0 N–H and O–H groups in total. The molecule has 0 saturated carbocycles. The van der Waals surface area contributed by atoms with Crippen molar-refractivity contribution in [1.82, 2.24) is 9.97 Å². The highest BCUT2D eigenvalue weighted by atomic mass is 32.2. The standard InChI is InChI=1S/C8H9N3S/c1-7(4-9)5-12-8-2-3-10-6-11-8/h2-3,6-7H,5H2,1H3. The van der Waals surface area contributed by atoms with Gasteiger partial charge < -0.3 is 0 Å². The van der Waals surface area contributed by atoms with Crippen LogP contribution >= 0.6 is 11.8 Å². The van der Waals surface area contributed by atoms with Crippen LogP contribution in [0.2, 0.25) is 0 Å². The summed E-state index contributed by atoms with van der Waals surface area (Å²) in [6.07, 6.45) is 3.21. The maximum absolute atomic E-state index is 8.52. The minimum absolute atomic E-state index is 0.0740. The number of rotatable bonds is 3. The summed E-state index contributed by atoms with van der Waals surface area (Å²) < 4.78 is 0. The van der Waals surface area contributed by atoms with Gasteiger partial charge in [-0.15, -0.1) is 11.8 Å². The molecule has 0 aliphatic carbocycles. The Labute approximate surface area is 75.8 Å². The van der Waals surface area contributed by atoms with Crippen LogP contribution in [0.4, 0.5) is 0 Å². The molecule has 1 atom stereocenters. The molecule has 62 valence electrons. The van der Waals surface area contributed by atoms with Crippen molar-refractivity contribution in [2.45, 2.75) is 11.9 Å². The van der Waals surface area contributed by atoms with Gasteiger partial charge in [0.2, 0.25) is 0 Å². The molecule has 3 nitrogen and oxygen atoms in total. The highest BCUT2D eigenvalue weighted by Crippen LogP contribution is 2.16. The Kier molecular flexibility index (Phi) is 3.55. The number of hydrogen-bond donors (Lipinski definition) is 0. The van der Waals surface area contributed by atoms with Crippen LogP contribution < -0.4 is 0 Å². The van der Waals surface area contributed by atoms with Crippen LogP contribution in [-0.2, 0) is 0 Å². The molecular weight excluding hydrogens is 170 g/mol. The molecule has 1 heterocycles. The highest BCUT2D eigenvalue weighted by Gasteiger charge is 2.00. The van der Waals surface area contributed by atoms with Crippen LogP contribution in [0.15, 0.2) is 23.6 Å². The van der Waals surface area contributed by atoms with E-state index < -0.39 is 0 Å². The third kappa shape index (κ3) is 2.89. The van der Waals surface area contributed by atoms with Gasteiger partial charge in [-0.25, -0.2) is 9.97 Å². The predicted octanol–water partition coefficient (Wildman–Crippen LogP) is 1.73. The lowest BCUT2D eigenvalue weighted by Crippen LogP contribution is -1.93. The third-order valence-electron chi connectivity index (χ3n) is 1.26. The minimum atomic E-state index is 0.0740. The third-order valence-corrected chi connectivity index (χ3v) is 2.46. The summed E-state index contributed by atoms with van der Waals surface area (Å²) in [5.74, 6) is 0.859. The van der Waals surface area contributed by atoms with Gasteiger partial charge >= 0.3 is 0 Å². The van der Waals surface area contributed by atoms with Gasteiger partial charge in [0, 0.05) is 11.9 Å². The van der Waals surface area contributed by atoms with Crippen molar-refractivity contribution in [1.29, 1.82) is 5.26 Å². The Morgan fingerprint density at radius 1 is 1.75 bits per heavy atom. The molecule has 0 aliphatic rings. The minimum Gasteiger partial charge on any atom is -0.245 e. The maximum atomic E-state index is 8.52. The normalized spacial score (nSPS) is 12.0. The highest BCUT2D eigenvalue weighted by molar-refractivity contribution is 7.99. The van der Waals surface area contributed by atoms with Gasteiger partial charge in [-0.3, -0.25) is 0 Å². The molecule has 12 heavy (non-hydrogen) atoms. The molecule has 1 aromatic rings. The molecular formula is C8H9N3S. The SMILES string of the molecule is CC(C#N)CSc1ccncn1. The number of nitriles is 1. The van der Waals surface area contributed by atoms with E-state index in [2.05, 4.69) is 16.0 Å². The summed E-state index contributed by atoms with van der Waals surface area (Å²) in [5, 5.41) is 9.44. The van der Waals surface area contributed by atoms with Gasteiger partial charge in [0.15, 0.2) is 0 Å². The Morgan fingerprint density at radius 2 is 2.58 bits per heavy atom. The lowest BCUT2D eigenvalue weighted by atomic mass is 10.3. The first-order valence-corrected chi connectivity index (χ1v) is 4.60. The number of thioether (sulfide) groups is 1. The van der Waals surface area contributed by atoms with Crippen molar-refractivity contribution in [3.8, 4) is 6.07 Å². The average Bonchev–Trinajstić information content (AvgIpc) is 2.16. The van der Waals surface area contributed by atoms with Crippen molar-refractivity contribution in [2.24, 2.45) is 5.92 Å². The summed E-state index contributed by atoms with van der Waals surface area (Å²) >= 11 is 1.58. The van der Waals surface area contributed by atoms with E-state index in [0.29, 0.717) is 0 Å². The van der Waals surface area contributed by atoms with E-state index in [0.717, 1.165) is 10.8 Å². The molecule has 0 saturated heterocycles. The van der Waals surface area contributed by atoms with Crippen molar-refractivity contribution in [2.75, 3.05) is 5.75 Å². The van der Waals surface area contributed by atoms with E-state index >= 15 is 0 Å². The zero-order chi connectivity index (χ0) is 8.81. The second-order valence-corrected chi connectivity index (χ2v) is 3.43. The fourth-order valence-electron chi connectivity index (χ4n) is 0.612. The van der Waals surface area contributed by atoms with Crippen LogP contribution in [0.3, 0.4) is 0 Å². The first-order valence-electron chi connectivity index (χ1n) is 3.61. The Hall–Kier alpha value is -1.08. The predicted molar refractivity (Wildman–Crippen MR) is 47.5 cm³/mol. The summed E-state index contributed by atoms with van der Waals surface area (Å²) in [6.45, 7) is 1.90. The molecule has 1 rings (SSSR count). The van der Waals surface area contributed by atoms with Gasteiger partial charge in [0.25, 0.3) is 0 Å².